The van der Waals surface area contributed by atoms with E-state index >= 15 is 0 Å². The molecule has 0 saturated carbocycles. The van der Waals surface area contributed by atoms with Crippen LogP contribution in [0.1, 0.15) is 34.8 Å². The molecule has 0 bridgehead atoms. The summed E-state index contributed by atoms with van der Waals surface area (Å²) >= 11 is 0. The van der Waals surface area contributed by atoms with Crippen LogP contribution in [0.2, 0.25) is 0 Å². The van der Waals surface area contributed by atoms with Crippen molar-refractivity contribution in [3.05, 3.63) is 77.6 Å². The highest BCUT2D eigenvalue weighted by Gasteiger charge is 2.31. The third-order valence-electron chi connectivity index (χ3n) is 4.53. The van der Waals surface area contributed by atoms with Crippen LogP contribution in [0.5, 0.6) is 17.2 Å². The fourth-order valence-corrected chi connectivity index (χ4v) is 2.82. The van der Waals surface area contributed by atoms with E-state index in [2.05, 4.69) is 15.0 Å². The predicted molar refractivity (Wildman–Crippen MR) is 112 cm³/mol. The van der Waals surface area contributed by atoms with Crippen LogP contribution in [0.3, 0.4) is 0 Å². The Hall–Kier alpha value is -3.59. The third kappa shape index (κ3) is 6.21. The molecule has 0 radical (unpaired) electrons. The first-order valence-corrected chi connectivity index (χ1v) is 9.60. The van der Waals surface area contributed by atoms with Gasteiger partial charge in [0.2, 0.25) is 0 Å². The molecular formula is C23H21F3N2O4. The van der Waals surface area contributed by atoms with Crippen molar-refractivity contribution in [3.8, 4) is 17.2 Å². The van der Waals surface area contributed by atoms with E-state index in [4.69, 9.17) is 9.47 Å². The van der Waals surface area contributed by atoms with E-state index in [0.29, 0.717) is 28.4 Å². The Labute approximate surface area is 183 Å². The molecule has 32 heavy (non-hydrogen) atoms. The van der Waals surface area contributed by atoms with E-state index < -0.39 is 6.36 Å². The number of methoxy groups -OCH3 is 1. The van der Waals surface area contributed by atoms with E-state index in [-0.39, 0.29) is 17.8 Å². The first-order valence-electron chi connectivity index (χ1n) is 9.60. The van der Waals surface area contributed by atoms with Gasteiger partial charge in [0.05, 0.1) is 23.1 Å². The van der Waals surface area contributed by atoms with Crippen molar-refractivity contribution in [3.63, 3.8) is 0 Å². The number of carbonyl (C=O) groups is 1. The molecule has 0 saturated heterocycles. The smallest absolute Gasteiger partial charge is 0.457 e. The van der Waals surface area contributed by atoms with Crippen molar-refractivity contribution >= 4 is 11.6 Å². The number of alkyl halides is 3. The molecule has 0 aliphatic carbocycles. The van der Waals surface area contributed by atoms with Crippen LogP contribution < -0.4 is 14.8 Å². The van der Waals surface area contributed by atoms with E-state index in [1.54, 1.807) is 50.4 Å². The molecule has 1 amide bonds. The SMILES string of the molecule is COC(C)c1ccc(C(=O)Nc2ccc(Oc3ccc(OC(F)(F)F)cc3)cc2)c(C)n1. The molecule has 1 N–H and O–H groups in total. The number of hydrogen-bond donors (Lipinski definition) is 1. The van der Waals surface area contributed by atoms with Gasteiger partial charge < -0.3 is 19.5 Å². The molecule has 0 spiro atoms. The van der Waals surface area contributed by atoms with Crippen LogP contribution >= 0.6 is 0 Å². The van der Waals surface area contributed by atoms with Gasteiger partial charge in [-0.2, -0.15) is 0 Å². The highest BCUT2D eigenvalue weighted by atomic mass is 19.4. The molecule has 0 fully saturated rings. The number of ether oxygens (including phenoxy) is 3. The topological polar surface area (TPSA) is 69.7 Å². The molecule has 168 valence electrons. The van der Waals surface area contributed by atoms with Crippen molar-refractivity contribution in [1.29, 1.82) is 0 Å². The second-order valence-electron chi connectivity index (χ2n) is 6.85. The van der Waals surface area contributed by atoms with Crippen molar-refractivity contribution in [1.82, 2.24) is 4.98 Å². The zero-order valence-corrected chi connectivity index (χ0v) is 17.6. The van der Waals surface area contributed by atoms with Gasteiger partial charge in [0.1, 0.15) is 17.2 Å². The van der Waals surface area contributed by atoms with Crippen LogP contribution in [-0.2, 0) is 4.74 Å². The Morgan fingerprint density at radius 2 is 1.50 bits per heavy atom. The van der Waals surface area contributed by atoms with E-state index in [1.165, 1.54) is 12.1 Å². The second kappa shape index (κ2) is 9.69. The number of rotatable bonds is 7. The summed E-state index contributed by atoms with van der Waals surface area (Å²) in [4.78, 5) is 17.0. The first-order chi connectivity index (χ1) is 15.1. The number of nitrogens with one attached hydrogen (secondary N) is 1. The molecule has 0 aliphatic heterocycles. The number of hydrogen-bond acceptors (Lipinski definition) is 5. The number of aromatic nitrogens is 1. The lowest BCUT2D eigenvalue weighted by Gasteiger charge is -2.13. The molecule has 1 aromatic heterocycles. The van der Waals surface area contributed by atoms with Crippen molar-refractivity contribution in [2.24, 2.45) is 0 Å². The number of halogens is 3. The molecule has 2 aromatic carbocycles. The zero-order valence-electron chi connectivity index (χ0n) is 17.6. The predicted octanol–water partition coefficient (Wildman–Crippen LogP) is 6.04. The summed E-state index contributed by atoms with van der Waals surface area (Å²) in [6, 6.07) is 15.1. The van der Waals surface area contributed by atoms with Gasteiger partial charge in [0.15, 0.2) is 0 Å². The molecule has 1 atom stereocenters. The molecule has 0 aliphatic rings. The van der Waals surface area contributed by atoms with Gasteiger partial charge >= 0.3 is 6.36 Å². The molecular weight excluding hydrogens is 425 g/mol. The standard InChI is InChI=1S/C23H21F3N2O4/c1-14-20(12-13-21(27-14)15(2)30-3)22(29)28-16-4-6-17(7-5-16)31-18-8-10-19(11-9-18)32-23(24,25)26/h4-13,15H,1-3H3,(H,28,29). The number of amides is 1. The number of anilines is 1. The van der Waals surface area contributed by atoms with E-state index in [1.807, 2.05) is 6.92 Å². The summed E-state index contributed by atoms with van der Waals surface area (Å²) in [5.41, 5.74) is 2.31. The van der Waals surface area contributed by atoms with Gasteiger partial charge in [-0.1, -0.05) is 0 Å². The maximum absolute atomic E-state index is 12.6. The first kappa shape index (κ1) is 23.1. The normalized spacial score (nSPS) is 12.2. The zero-order chi connectivity index (χ0) is 23.3. The monoisotopic (exact) mass is 446 g/mol. The van der Waals surface area contributed by atoms with Gasteiger partial charge in [0.25, 0.3) is 5.91 Å². The summed E-state index contributed by atoms with van der Waals surface area (Å²) in [5, 5.41) is 2.79. The lowest BCUT2D eigenvalue weighted by Crippen LogP contribution is -2.16. The van der Waals surface area contributed by atoms with Gasteiger partial charge in [-0.3, -0.25) is 9.78 Å². The maximum Gasteiger partial charge on any atom is 0.573 e. The van der Waals surface area contributed by atoms with Gasteiger partial charge in [0, 0.05) is 12.8 Å². The highest BCUT2D eigenvalue weighted by Crippen LogP contribution is 2.28. The Balaban J connectivity index is 1.61. The van der Waals surface area contributed by atoms with Gasteiger partial charge in [-0.25, -0.2) is 0 Å². The largest absolute Gasteiger partial charge is 0.573 e. The number of aryl methyl sites for hydroxylation is 1. The van der Waals surface area contributed by atoms with Crippen molar-refractivity contribution in [2.75, 3.05) is 12.4 Å². The van der Waals surface area contributed by atoms with Crippen molar-refractivity contribution < 1.29 is 32.2 Å². The Kier molecular flexibility index (Phi) is 6.99. The minimum Gasteiger partial charge on any atom is -0.457 e. The Morgan fingerprint density at radius 3 is 2.03 bits per heavy atom. The van der Waals surface area contributed by atoms with Crippen LogP contribution in [-0.4, -0.2) is 24.4 Å². The fraction of sp³-hybridized carbons (Fsp3) is 0.217. The molecule has 1 unspecified atom stereocenters. The minimum atomic E-state index is -4.75. The second-order valence-corrected chi connectivity index (χ2v) is 6.85. The summed E-state index contributed by atoms with van der Waals surface area (Å²) in [7, 11) is 1.59. The summed E-state index contributed by atoms with van der Waals surface area (Å²) < 4.78 is 51.3. The fourth-order valence-electron chi connectivity index (χ4n) is 2.82. The van der Waals surface area contributed by atoms with Gasteiger partial charge in [-0.15, -0.1) is 13.2 Å². The Morgan fingerprint density at radius 1 is 0.938 bits per heavy atom. The lowest BCUT2D eigenvalue weighted by atomic mass is 10.1. The molecule has 3 rings (SSSR count). The number of benzene rings is 2. The molecule has 9 heteroatoms. The summed E-state index contributed by atoms with van der Waals surface area (Å²) in [6.07, 6.45) is -4.92. The molecule has 6 nitrogen and oxygen atoms in total. The van der Waals surface area contributed by atoms with E-state index in [0.717, 1.165) is 17.8 Å². The number of pyridine rings is 1. The number of carbonyl (C=O) groups excluding carboxylic acids is 1. The van der Waals surface area contributed by atoms with Crippen LogP contribution in [0.4, 0.5) is 18.9 Å². The third-order valence-corrected chi connectivity index (χ3v) is 4.53. The quantitative estimate of drug-likeness (QED) is 0.479. The maximum atomic E-state index is 12.6. The van der Waals surface area contributed by atoms with Crippen LogP contribution in [0.15, 0.2) is 60.7 Å². The average molecular weight is 446 g/mol. The lowest BCUT2D eigenvalue weighted by molar-refractivity contribution is -0.274. The van der Waals surface area contributed by atoms with Crippen LogP contribution in [0.25, 0.3) is 0 Å². The molecule has 3 aromatic rings. The van der Waals surface area contributed by atoms with Gasteiger partial charge in [-0.05, 0) is 74.5 Å². The Bertz CT molecular complexity index is 1070. The summed E-state index contributed by atoms with van der Waals surface area (Å²) in [6.45, 7) is 3.62. The highest BCUT2D eigenvalue weighted by molar-refractivity contribution is 6.05. The minimum absolute atomic E-state index is 0.174. The summed E-state index contributed by atoms with van der Waals surface area (Å²) in [5.74, 6) is 0.143. The van der Waals surface area contributed by atoms with Crippen LogP contribution in [0, 0.1) is 6.92 Å². The number of nitrogens with zero attached hydrogens (tertiary/aromatic N) is 1. The molecule has 1 heterocycles. The van der Waals surface area contributed by atoms with E-state index in [9.17, 15) is 18.0 Å². The average Bonchev–Trinajstić information content (AvgIpc) is 2.74. The van der Waals surface area contributed by atoms with Crippen molar-refractivity contribution in [2.45, 2.75) is 26.3 Å².